The van der Waals surface area contributed by atoms with Crippen molar-refractivity contribution < 1.29 is 19.1 Å². The first kappa shape index (κ1) is 29.2. The zero-order valence-corrected chi connectivity index (χ0v) is 24.0. The summed E-state index contributed by atoms with van der Waals surface area (Å²) in [4.78, 5) is 26.2. The van der Waals surface area contributed by atoms with Gasteiger partial charge in [0.25, 0.3) is 5.91 Å². The van der Waals surface area contributed by atoms with Crippen LogP contribution in [0.15, 0.2) is 91.0 Å². The highest BCUT2D eigenvalue weighted by atomic mass is 16.5. The topological polar surface area (TPSA) is 88.7 Å². The molecule has 0 saturated heterocycles. The normalized spacial score (nSPS) is 11.3. The third kappa shape index (κ3) is 8.60. The van der Waals surface area contributed by atoms with Crippen molar-refractivity contribution in [1.29, 1.82) is 0 Å². The minimum atomic E-state index is -0.583. The van der Waals surface area contributed by atoms with E-state index < -0.39 is 5.92 Å². The molecule has 2 amide bonds. The number of carbonyl (C=O) groups excluding carboxylic acids is 2. The Balaban J connectivity index is 1.42. The van der Waals surface area contributed by atoms with E-state index in [2.05, 4.69) is 22.0 Å². The van der Waals surface area contributed by atoms with Gasteiger partial charge in [-0.15, -0.1) is 0 Å². The maximum absolute atomic E-state index is 13.4. The van der Waals surface area contributed by atoms with Crippen molar-refractivity contribution in [2.75, 3.05) is 32.1 Å². The van der Waals surface area contributed by atoms with E-state index in [-0.39, 0.29) is 18.4 Å². The summed E-state index contributed by atoms with van der Waals surface area (Å²) in [6.45, 7) is 7.12. The van der Waals surface area contributed by atoms with Gasteiger partial charge in [0.15, 0.2) is 0 Å². The quantitative estimate of drug-likeness (QED) is 0.184. The van der Waals surface area contributed by atoms with Crippen molar-refractivity contribution in [3.63, 3.8) is 0 Å². The van der Waals surface area contributed by atoms with Gasteiger partial charge < -0.3 is 25.4 Å². The largest absolute Gasteiger partial charge is 0.497 e. The molecule has 0 fully saturated rings. The summed E-state index contributed by atoms with van der Waals surface area (Å²) in [6, 6.07) is 28.5. The smallest absolute Gasteiger partial charge is 0.251 e. The highest BCUT2D eigenvalue weighted by Gasteiger charge is 2.22. The van der Waals surface area contributed by atoms with Crippen molar-refractivity contribution in [3.05, 3.63) is 119 Å². The molecule has 7 heteroatoms. The molecule has 0 aliphatic rings. The molecule has 4 aromatic carbocycles. The van der Waals surface area contributed by atoms with Crippen LogP contribution in [-0.2, 0) is 4.79 Å². The molecular formula is C34H37N3O4. The van der Waals surface area contributed by atoms with Crippen LogP contribution in [0.3, 0.4) is 0 Å². The van der Waals surface area contributed by atoms with Crippen molar-refractivity contribution in [1.82, 2.24) is 10.6 Å². The molecule has 0 bridgehead atoms. The molecule has 0 aromatic heterocycles. The van der Waals surface area contributed by atoms with E-state index in [1.54, 1.807) is 13.2 Å². The maximum Gasteiger partial charge on any atom is 0.251 e. The summed E-state index contributed by atoms with van der Waals surface area (Å²) >= 11 is 0. The number of hydrogen-bond donors (Lipinski definition) is 3. The number of rotatable bonds is 12. The Labute approximate surface area is 241 Å². The molecule has 0 radical (unpaired) electrons. The van der Waals surface area contributed by atoms with Crippen LogP contribution >= 0.6 is 0 Å². The fourth-order valence-electron chi connectivity index (χ4n) is 4.57. The number of anilines is 1. The van der Waals surface area contributed by atoms with Crippen molar-refractivity contribution >= 4 is 17.5 Å². The predicted molar refractivity (Wildman–Crippen MR) is 163 cm³/mol. The Morgan fingerprint density at radius 1 is 0.707 bits per heavy atom. The molecule has 1 unspecified atom stereocenters. The first-order valence-electron chi connectivity index (χ1n) is 13.7. The summed E-state index contributed by atoms with van der Waals surface area (Å²) in [6.07, 6.45) is 0. The molecule has 3 N–H and O–H groups in total. The summed E-state index contributed by atoms with van der Waals surface area (Å²) in [5.74, 6) is 1.24. The minimum Gasteiger partial charge on any atom is -0.497 e. The molecule has 4 rings (SSSR count). The molecule has 7 nitrogen and oxygen atoms in total. The number of amides is 2. The third-order valence-corrected chi connectivity index (χ3v) is 6.62. The molecular weight excluding hydrogens is 514 g/mol. The third-order valence-electron chi connectivity index (χ3n) is 6.62. The molecule has 0 heterocycles. The van der Waals surface area contributed by atoms with Gasteiger partial charge in [-0.25, -0.2) is 0 Å². The van der Waals surface area contributed by atoms with Gasteiger partial charge in [-0.3, -0.25) is 9.59 Å². The van der Waals surface area contributed by atoms with Gasteiger partial charge >= 0.3 is 0 Å². The lowest BCUT2D eigenvalue weighted by molar-refractivity contribution is -0.122. The van der Waals surface area contributed by atoms with E-state index in [0.717, 1.165) is 39.4 Å². The van der Waals surface area contributed by atoms with Gasteiger partial charge in [0.2, 0.25) is 5.91 Å². The summed E-state index contributed by atoms with van der Waals surface area (Å²) in [7, 11) is 1.63. The van der Waals surface area contributed by atoms with Gasteiger partial charge in [-0.2, -0.15) is 0 Å². The SMILES string of the molecule is COc1ccc(NCCNC(=O)C(CNC(=O)c2cccc(C)c2)c2ccc(Oc3cc(C)cc(C)c3)cc2)cc1. The van der Waals surface area contributed by atoms with Gasteiger partial charge in [0, 0.05) is 30.9 Å². The predicted octanol–water partition coefficient (Wildman–Crippen LogP) is 6.15. The average Bonchev–Trinajstić information content (AvgIpc) is 2.96. The number of carbonyl (C=O) groups is 2. The number of aryl methyl sites for hydroxylation is 3. The molecule has 0 aliphatic carbocycles. The first-order chi connectivity index (χ1) is 19.8. The van der Waals surface area contributed by atoms with Gasteiger partial charge in [0.1, 0.15) is 17.2 Å². The summed E-state index contributed by atoms with van der Waals surface area (Å²) < 4.78 is 11.2. The molecule has 1 atom stereocenters. The molecule has 212 valence electrons. The Kier molecular flexibility index (Phi) is 9.99. The number of methoxy groups -OCH3 is 1. The Hall–Kier alpha value is -4.78. The van der Waals surface area contributed by atoms with E-state index in [9.17, 15) is 9.59 Å². The van der Waals surface area contributed by atoms with Crippen LogP contribution < -0.4 is 25.4 Å². The summed E-state index contributed by atoms with van der Waals surface area (Å²) in [5.41, 5.74) is 5.52. The highest BCUT2D eigenvalue weighted by molar-refractivity contribution is 5.95. The molecule has 0 aliphatic heterocycles. The van der Waals surface area contributed by atoms with E-state index >= 15 is 0 Å². The highest BCUT2D eigenvalue weighted by Crippen LogP contribution is 2.26. The number of ether oxygens (including phenoxy) is 2. The van der Waals surface area contributed by atoms with Crippen LogP contribution in [0.1, 0.15) is 38.5 Å². The second kappa shape index (κ2) is 14.0. The molecule has 0 spiro atoms. The molecule has 0 saturated carbocycles. The fraction of sp³-hybridized carbons (Fsp3) is 0.235. The Bertz CT molecular complexity index is 1450. The van der Waals surface area contributed by atoms with Crippen LogP contribution in [0, 0.1) is 20.8 Å². The second-order valence-electron chi connectivity index (χ2n) is 10.1. The Morgan fingerprint density at radius 2 is 1.39 bits per heavy atom. The summed E-state index contributed by atoms with van der Waals surface area (Å²) in [5, 5.41) is 9.23. The van der Waals surface area contributed by atoms with Crippen molar-refractivity contribution in [2.45, 2.75) is 26.7 Å². The lowest BCUT2D eigenvalue weighted by Crippen LogP contribution is -2.39. The fourth-order valence-corrected chi connectivity index (χ4v) is 4.57. The minimum absolute atomic E-state index is 0.155. The monoisotopic (exact) mass is 551 g/mol. The number of hydrogen-bond acceptors (Lipinski definition) is 5. The van der Waals surface area contributed by atoms with Crippen LogP contribution in [-0.4, -0.2) is 38.6 Å². The Morgan fingerprint density at radius 3 is 2.05 bits per heavy atom. The van der Waals surface area contributed by atoms with Crippen LogP contribution in [0.25, 0.3) is 0 Å². The van der Waals surface area contributed by atoms with Crippen LogP contribution in [0.5, 0.6) is 17.2 Å². The first-order valence-corrected chi connectivity index (χ1v) is 13.7. The van der Waals surface area contributed by atoms with Gasteiger partial charge in [-0.1, -0.05) is 35.9 Å². The lowest BCUT2D eigenvalue weighted by atomic mass is 9.97. The average molecular weight is 552 g/mol. The molecule has 41 heavy (non-hydrogen) atoms. The standard InChI is InChI=1S/C34H37N3O4/c1-23-6-5-7-27(19-23)33(38)37-22-32(34(39)36-17-16-35-28-10-14-29(40-4)15-11-28)26-8-12-30(13-9-26)41-31-20-24(2)18-25(3)21-31/h5-15,18-21,32,35H,16-17,22H2,1-4H3,(H,36,39)(H,37,38). The zero-order chi connectivity index (χ0) is 29.2. The van der Waals surface area contributed by atoms with E-state index in [1.807, 2.05) is 99.6 Å². The lowest BCUT2D eigenvalue weighted by Gasteiger charge is -2.19. The zero-order valence-electron chi connectivity index (χ0n) is 24.0. The second-order valence-corrected chi connectivity index (χ2v) is 10.1. The van der Waals surface area contributed by atoms with Crippen molar-refractivity contribution in [2.24, 2.45) is 0 Å². The van der Waals surface area contributed by atoms with Gasteiger partial charge in [0.05, 0.1) is 13.0 Å². The van der Waals surface area contributed by atoms with E-state index in [4.69, 9.17) is 9.47 Å². The number of benzene rings is 4. The number of nitrogens with one attached hydrogen (secondary N) is 3. The van der Waals surface area contributed by atoms with Crippen LogP contribution in [0.2, 0.25) is 0 Å². The van der Waals surface area contributed by atoms with Crippen LogP contribution in [0.4, 0.5) is 5.69 Å². The van der Waals surface area contributed by atoms with Crippen molar-refractivity contribution in [3.8, 4) is 17.2 Å². The van der Waals surface area contributed by atoms with E-state index in [1.165, 1.54) is 0 Å². The van der Waals surface area contributed by atoms with Gasteiger partial charge in [-0.05, 0) is 98.1 Å². The maximum atomic E-state index is 13.4. The molecule has 4 aromatic rings. The van der Waals surface area contributed by atoms with E-state index in [0.29, 0.717) is 24.4 Å².